The second kappa shape index (κ2) is 9.88. The van der Waals surface area contributed by atoms with E-state index in [0.29, 0.717) is 6.54 Å². The largest absolute Gasteiger partial charge is 0.495 e. The lowest BCUT2D eigenvalue weighted by molar-refractivity contribution is 0.250. The maximum Gasteiger partial charge on any atom is 0.329 e. The van der Waals surface area contributed by atoms with Crippen LogP contribution in [0.3, 0.4) is 0 Å². The van der Waals surface area contributed by atoms with Crippen molar-refractivity contribution in [3.05, 3.63) is 71.7 Å². The number of piperazine rings is 1. The molecule has 4 rings (SSSR count). The van der Waals surface area contributed by atoms with Crippen molar-refractivity contribution in [3.63, 3.8) is 0 Å². The molecule has 6 heteroatoms. The number of aryl methyl sites for hydroxylation is 1. The summed E-state index contributed by atoms with van der Waals surface area (Å²) in [5.74, 6) is 0.942. The molecular weight excluding hydrogens is 388 g/mol. The van der Waals surface area contributed by atoms with E-state index in [1.807, 2.05) is 41.0 Å². The summed E-state index contributed by atoms with van der Waals surface area (Å²) in [6.45, 7) is 10.3. The molecular formula is C25H32N4O2. The zero-order valence-electron chi connectivity index (χ0n) is 18.4. The molecule has 0 amide bonds. The minimum Gasteiger partial charge on any atom is -0.495 e. The maximum atomic E-state index is 12.8. The number of aromatic nitrogens is 2. The third-order valence-corrected chi connectivity index (χ3v) is 6.14. The Kier molecular flexibility index (Phi) is 6.77. The van der Waals surface area contributed by atoms with Gasteiger partial charge in [-0.1, -0.05) is 30.3 Å². The van der Waals surface area contributed by atoms with Gasteiger partial charge >= 0.3 is 5.69 Å². The Bertz CT molecular complexity index is 1080. The fraction of sp³-hybridized carbons (Fsp3) is 0.400. The molecule has 0 radical (unpaired) electrons. The summed E-state index contributed by atoms with van der Waals surface area (Å²) >= 11 is 0. The molecule has 1 aliphatic rings. The molecule has 0 N–H and O–H groups in total. The van der Waals surface area contributed by atoms with Crippen LogP contribution in [0.1, 0.15) is 12.8 Å². The van der Waals surface area contributed by atoms with E-state index in [0.717, 1.165) is 68.9 Å². The number of methoxy groups -OCH3 is 1. The third-order valence-electron chi connectivity index (χ3n) is 6.14. The Balaban J connectivity index is 1.29. The monoisotopic (exact) mass is 420 g/mol. The van der Waals surface area contributed by atoms with Crippen molar-refractivity contribution in [1.29, 1.82) is 0 Å². The third kappa shape index (κ3) is 4.54. The van der Waals surface area contributed by atoms with E-state index < -0.39 is 0 Å². The number of unbranched alkanes of at least 4 members (excludes halogenated alkanes) is 1. The van der Waals surface area contributed by atoms with Gasteiger partial charge < -0.3 is 9.64 Å². The number of para-hydroxylation sites is 4. The number of nitrogens with zero attached hydrogens (tertiary/aromatic N) is 4. The summed E-state index contributed by atoms with van der Waals surface area (Å²) in [4.78, 5) is 17.8. The summed E-state index contributed by atoms with van der Waals surface area (Å²) in [7, 11) is 1.73. The Morgan fingerprint density at radius 2 is 1.55 bits per heavy atom. The Labute approximate surface area is 183 Å². The Morgan fingerprint density at radius 3 is 2.26 bits per heavy atom. The average molecular weight is 421 g/mol. The summed E-state index contributed by atoms with van der Waals surface area (Å²) < 4.78 is 9.23. The van der Waals surface area contributed by atoms with E-state index in [1.54, 1.807) is 17.8 Å². The molecule has 1 aliphatic heterocycles. The van der Waals surface area contributed by atoms with Crippen molar-refractivity contribution in [1.82, 2.24) is 14.0 Å². The van der Waals surface area contributed by atoms with Crippen LogP contribution in [0.25, 0.3) is 11.0 Å². The van der Waals surface area contributed by atoms with Gasteiger partial charge in [0.2, 0.25) is 0 Å². The van der Waals surface area contributed by atoms with Gasteiger partial charge in [0.25, 0.3) is 0 Å². The van der Waals surface area contributed by atoms with Gasteiger partial charge in [-0.3, -0.25) is 14.0 Å². The fourth-order valence-corrected chi connectivity index (χ4v) is 4.50. The number of anilines is 1. The van der Waals surface area contributed by atoms with Gasteiger partial charge in [0, 0.05) is 39.3 Å². The highest BCUT2D eigenvalue weighted by Gasteiger charge is 2.19. The molecule has 0 unspecified atom stereocenters. The van der Waals surface area contributed by atoms with Crippen LogP contribution in [0.2, 0.25) is 0 Å². The van der Waals surface area contributed by atoms with E-state index >= 15 is 0 Å². The second-order valence-electron chi connectivity index (χ2n) is 8.03. The first kappa shape index (κ1) is 21.2. The Morgan fingerprint density at radius 1 is 0.903 bits per heavy atom. The number of fused-ring (bicyclic) bond motifs is 1. The van der Waals surface area contributed by atoms with Crippen LogP contribution in [-0.4, -0.2) is 53.9 Å². The summed E-state index contributed by atoms with van der Waals surface area (Å²) in [6, 6.07) is 16.3. The van der Waals surface area contributed by atoms with Crippen LogP contribution in [-0.2, 0) is 13.1 Å². The smallest absolute Gasteiger partial charge is 0.329 e. The number of hydrogen-bond donors (Lipinski definition) is 0. The lowest BCUT2D eigenvalue weighted by Crippen LogP contribution is -2.46. The summed E-state index contributed by atoms with van der Waals surface area (Å²) in [5, 5.41) is 0. The molecule has 0 atom stereocenters. The van der Waals surface area contributed by atoms with Crippen LogP contribution >= 0.6 is 0 Å². The van der Waals surface area contributed by atoms with Crippen molar-refractivity contribution in [2.24, 2.45) is 0 Å². The molecule has 0 spiro atoms. The van der Waals surface area contributed by atoms with E-state index in [1.165, 1.54) is 5.69 Å². The zero-order valence-corrected chi connectivity index (χ0v) is 18.4. The molecule has 0 saturated carbocycles. The highest BCUT2D eigenvalue weighted by molar-refractivity contribution is 5.76. The van der Waals surface area contributed by atoms with Crippen molar-refractivity contribution in [2.75, 3.05) is 44.7 Å². The van der Waals surface area contributed by atoms with Crippen LogP contribution in [0.15, 0.2) is 66.0 Å². The zero-order chi connectivity index (χ0) is 21.6. The predicted molar refractivity (Wildman–Crippen MR) is 127 cm³/mol. The van der Waals surface area contributed by atoms with Gasteiger partial charge in [-0.05, 0) is 43.7 Å². The van der Waals surface area contributed by atoms with Gasteiger partial charge in [0.05, 0.1) is 23.8 Å². The van der Waals surface area contributed by atoms with Gasteiger partial charge in [-0.2, -0.15) is 0 Å². The lowest BCUT2D eigenvalue weighted by Gasteiger charge is -2.36. The lowest BCUT2D eigenvalue weighted by atomic mass is 10.2. The molecule has 3 aromatic rings. The van der Waals surface area contributed by atoms with Gasteiger partial charge in [0.1, 0.15) is 5.75 Å². The van der Waals surface area contributed by atoms with E-state index in [2.05, 4.69) is 28.5 Å². The van der Waals surface area contributed by atoms with Gasteiger partial charge in [0.15, 0.2) is 0 Å². The molecule has 1 saturated heterocycles. The van der Waals surface area contributed by atoms with Crippen LogP contribution in [0, 0.1) is 0 Å². The van der Waals surface area contributed by atoms with Crippen LogP contribution < -0.4 is 15.3 Å². The average Bonchev–Trinajstić information content (AvgIpc) is 3.08. The van der Waals surface area contributed by atoms with E-state index in [-0.39, 0.29) is 5.69 Å². The summed E-state index contributed by atoms with van der Waals surface area (Å²) in [6.07, 6.45) is 3.86. The first-order chi connectivity index (χ1) is 15.2. The van der Waals surface area contributed by atoms with Gasteiger partial charge in [-0.15, -0.1) is 6.58 Å². The molecule has 1 fully saturated rings. The number of ether oxygens (including phenoxy) is 1. The first-order valence-electron chi connectivity index (χ1n) is 11.1. The molecule has 2 heterocycles. The van der Waals surface area contributed by atoms with Crippen molar-refractivity contribution >= 4 is 16.7 Å². The molecule has 2 aromatic carbocycles. The topological polar surface area (TPSA) is 42.6 Å². The normalized spacial score (nSPS) is 14.8. The molecule has 0 aliphatic carbocycles. The number of imidazole rings is 1. The second-order valence-corrected chi connectivity index (χ2v) is 8.03. The molecule has 1 aromatic heterocycles. The number of rotatable bonds is 9. The van der Waals surface area contributed by atoms with E-state index in [4.69, 9.17) is 4.74 Å². The first-order valence-corrected chi connectivity index (χ1v) is 11.1. The van der Waals surface area contributed by atoms with Crippen LogP contribution in [0.5, 0.6) is 5.75 Å². The number of allylic oxidation sites excluding steroid dienone is 1. The summed E-state index contributed by atoms with van der Waals surface area (Å²) in [5.41, 5.74) is 3.24. The van der Waals surface area contributed by atoms with Crippen molar-refractivity contribution < 1.29 is 4.74 Å². The quantitative estimate of drug-likeness (QED) is 0.392. The van der Waals surface area contributed by atoms with Crippen molar-refractivity contribution in [3.8, 4) is 5.75 Å². The standard InChI is InChI=1S/C25H32N4O2/c1-3-14-28-21-10-4-5-11-22(21)29(25(28)30)16-9-8-15-26-17-19-27(20-18-26)23-12-6-7-13-24(23)31-2/h3-7,10-13H,1,8-9,14-20H2,2H3. The molecule has 6 nitrogen and oxygen atoms in total. The van der Waals surface area contributed by atoms with E-state index in [9.17, 15) is 4.79 Å². The predicted octanol–water partition coefficient (Wildman–Crippen LogP) is 3.60. The fourth-order valence-electron chi connectivity index (χ4n) is 4.50. The highest BCUT2D eigenvalue weighted by atomic mass is 16.5. The molecule has 0 bridgehead atoms. The SMILES string of the molecule is C=CCn1c(=O)n(CCCCN2CCN(c3ccccc3OC)CC2)c2ccccc21. The number of benzene rings is 2. The minimum atomic E-state index is 0.0616. The maximum absolute atomic E-state index is 12.8. The molecule has 31 heavy (non-hydrogen) atoms. The number of hydrogen-bond acceptors (Lipinski definition) is 4. The molecule has 164 valence electrons. The van der Waals surface area contributed by atoms with Crippen LogP contribution in [0.4, 0.5) is 5.69 Å². The minimum absolute atomic E-state index is 0.0616. The van der Waals surface area contributed by atoms with Gasteiger partial charge in [-0.25, -0.2) is 4.79 Å². The Hall–Kier alpha value is -2.99. The van der Waals surface area contributed by atoms with Crippen molar-refractivity contribution in [2.45, 2.75) is 25.9 Å². The highest BCUT2D eigenvalue weighted by Crippen LogP contribution is 2.28.